The highest BCUT2D eigenvalue weighted by molar-refractivity contribution is 7.89. The zero-order valence-corrected chi connectivity index (χ0v) is 12.5. The lowest BCUT2D eigenvalue weighted by Gasteiger charge is -2.25. The monoisotopic (exact) mass is 307 g/mol. The van der Waals surface area contributed by atoms with Crippen LogP contribution in [0, 0.1) is 0 Å². The topological polar surface area (TPSA) is 116 Å². The largest absolute Gasteiger partial charge is 0.480 e. The molecule has 116 valence electrons. The molecule has 0 atom stereocenters. The van der Waals surface area contributed by atoms with Gasteiger partial charge in [0, 0.05) is 20.6 Å². The molecule has 1 aliphatic carbocycles. The fourth-order valence-electron chi connectivity index (χ4n) is 2.11. The number of carboxylic acid groups (broad SMARTS) is 1. The Balaban J connectivity index is 2.46. The molecule has 0 aromatic rings. The van der Waals surface area contributed by atoms with E-state index in [4.69, 9.17) is 0 Å². The minimum absolute atomic E-state index is 0.0674. The summed E-state index contributed by atoms with van der Waals surface area (Å²) in [6, 6.07) is -0.650. The van der Waals surface area contributed by atoms with Gasteiger partial charge in [-0.05, 0) is 12.8 Å². The van der Waals surface area contributed by atoms with E-state index >= 15 is 0 Å². The Morgan fingerprint density at radius 3 is 2.25 bits per heavy atom. The number of nitrogens with one attached hydrogen (secondary N) is 2. The molecule has 0 aliphatic heterocycles. The molecular formula is C11H21N3O5S. The smallest absolute Gasteiger partial charge is 0.329 e. The molecule has 9 heteroatoms. The summed E-state index contributed by atoms with van der Waals surface area (Å²) in [4.78, 5) is 22.9. The third-order valence-electron chi connectivity index (χ3n) is 3.42. The van der Waals surface area contributed by atoms with Crippen LogP contribution < -0.4 is 10.6 Å². The molecule has 1 saturated carbocycles. The first-order valence-electron chi connectivity index (χ1n) is 6.39. The van der Waals surface area contributed by atoms with Crippen molar-refractivity contribution in [2.24, 2.45) is 0 Å². The van der Waals surface area contributed by atoms with E-state index in [0.29, 0.717) is 12.8 Å². The average molecular weight is 307 g/mol. The van der Waals surface area contributed by atoms with Crippen molar-refractivity contribution < 1.29 is 23.1 Å². The molecule has 0 heterocycles. The summed E-state index contributed by atoms with van der Waals surface area (Å²) in [5, 5.41) is 14.0. The lowest BCUT2D eigenvalue weighted by molar-refractivity contribution is -0.144. The Morgan fingerprint density at radius 2 is 1.80 bits per heavy atom. The molecule has 1 aliphatic rings. The second-order valence-electron chi connectivity index (χ2n) is 5.07. The highest BCUT2D eigenvalue weighted by Crippen LogP contribution is 2.29. The number of aliphatic carboxylic acids is 1. The molecular weight excluding hydrogens is 286 g/mol. The Labute approximate surface area is 118 Å². The Kier molecular flexibility index (Phi) is 5.35. The number of carbonyl (C=O) groups excluding carboxylic acids is 1. The predicted molar refractivity (Wildman–Crippen MR) is 72.8 cm³/mol. The normalized spacial score (nSPS) is 17.9. The van der Waals surface area contributed by atoms with Crippen molar-refractivity contribution in [3.8, 4) is 0 Å². The molecule has 0 radical (unpaired) electrons. The third kappa shape index (κ3) is 4.07. The van der Waals surface area contributed by atoms with Crippen LogP contribution in [-0.4, -0.2) is 61.8 Å². The van der Waals surface area contributed by atoms with Gasteiger partial charge in [-0.15, -0.1) is 0 Å². The summed E-state index contributed by atoms with van der Waals surface area (Å²) in [6.45, 7) is -0.0674. The Bertz CT molecular complexity index is 468. The first-order chi connectivity index (χ1) is 9.19. The standard InChI is InChI=1S/C11H21N3O5S/c1-14(2)20(18,19)8-7-12-10(17)13-11(9(15)16)5-3-4-6-11/h3-8H2,1-2H3,(H,15,16)(H2,12,13,17). The zero-order valence-electron chi connectivity index (χ0n) is 11.7. The molecule has 0 aromatic heterocycles. The van der Waals surface area contributed by atoms with Gasteiger partial charge in [-0.2, -0.15) is 0 Å². The van der Waals surface area contributed by atoms with Crippen LogP contribution in [0.1, 0.15) is 25.7 Å². The summed E-state index contributed by atoms with van der Waals surface area (Å²) in [5.74, 6) is -1.28. The predicted octanol–water partition coefficient (Wildman–Crippen LogP) is -0.426. The first kappa shape index (κ1) is 16.7. The van der Waals surface area contributed by atoms with E-state index in [1.54, 1.807) is 0 Å². The van der Waals surface area contributed by atoms with Crippen molar-refractivity contribution in [1.82, 2.24) is 14.9 Å². The molecule has 2 amide bonds. The number of rotatable bonds is 6. The molecule has 0 saturated heterocycles. The maximum absolute atomic E-state index is 11.7. The lowest BCUT2D eigenvalue weighted by Crippen LogP contribution is -2.56. The van der Waals surface area contributed by atoms with Crippen molar-refractivity contribution in [3.05, 3.63) is 0 Å². The van der Waals surface area contributed by atoms with Gasteiger partial charge in [0.05, 0.1) is 5.75 Å². The van der Waals surface area contributed by atoms with Gasteiger partial charge in [0.15, 0.2) is 0 Å². The van der Waals surface area contributed by atoms with Crippen LogP contribution in [0.2, 0.25) is 0 Å². The number of sulfonamides is 1. The maximum atomic E-state index is 11.7. The number of urea groups is 1. The molecule has 8 nitrogen and oxygen atoms in total. The number of amides is 2. The quantitative estimate of drug-likeness (QED) is 0.616. The van der Waals surface area contributed by atoms with Crippen LogP contribution in [0.15, 0.2) is 0 Å². The van der Waals surface area contributed by atoms with E-state index < -0.39 is 27.6 Å². The first-order valence-corrected chi connectivity index (χ1v) is 8.00. The van der Waals surface area contributed by atoms with Gasteiger partial charge < -0.3 is 15.7 Å². The van der Waals surface area contributed by atoms with Crippen LogP contribution >= 0.6 is 0 Å². The van der Waals surface area contributed by atoms with Gasteiger partial charge in [-0.3, -0.25) is 0 Å². The van der Waals surface area contributed by atoms with Gasteiger partial charge in [-0.1, -0.05) is 12.8 Å². The Morgan fingerprint density at radius 1 is 1.25 bits per heavy atom. The zero-order chi connectivity index (χ0) is 15.4. The fraction of sp³-hybridized carbons (Fsp3) is 0.818. The van der Waals surface area contributed by atoms with Gasteiger partial charge in [0.1, 0.15) is 5.54 Å². The van der Waals surface area contributed by atoms with Gasteiger partial charge in [-0.25, -0.2) is 22.3 Å². The number of hydrogen-bond acceptors (Lipinski definition) is 4. The van der Waals surface area contributed by atoms with Crippen LogP contribution in [0.25, 0.3) is 0 Å². The molecule has 1 fully saturated rings. The van der Waals surface area contributed by atoms with Gasteiger partial charge in [0.2, 0.25) is 10.0 Å². The fourth-order valence-corrected chi connectivity index (χ4v) is 2.83. The van der Waals surface area contributed by atoms with Crippen LogP contribution in [0.5, 0.6) is 0 Å². The molecule has 0 unspecified atom stereocenters. The summed E-state index contributed by atoms with van der Waals surface area (Å²) < 4.78 is 24.0. The number of hydrogen-bond donors (Lipinski definition) is 3. The molecule has 0 spiro atoms. The van der Waals surface area contributed by atoms with E-state index in [2.05, 4.69) is 10.6 Å². The summed E-state index contributed by atoms with van der Waals surface area (Å²) in [7, 11) is -0.558. The SMILES string of the molecule is CN(C)S(=O)(=O)CCNC(=O)NC1(C(=O)O)CCCC1. The number of carboxylic acids is 1. The van der Waals surface area contributed by atoms with Crippen LogP contribution in [-0.2, 0) is 14.8 Å². The Hall–Kier alpha value is -1.35. The maximum Gasteiger partial charge on any atom is 0.329 e. The molecule has 0 bridgehead atoms. The summed E-state index contributed by atoms with van der Waals surface area (Å²) >= 11 is 0. The van der Waals surface area contributed by atoms with Crippen molar-refractivity contribution in [1.29, 1.82) is 0 Å². The van der Waals surface area contributed by atoms with E-state index in [1.807, 2.05) is 0 Å². The van der Waals surface area contributed by atoms with Crippen LogP contribution in [0.4, 0.5) is 4.79 Å². The van der Waals surface area contributed by atoms with Crippen molar-refractivity contribution in [3.63, 3.8) is 0 Å². The molecule has 0 aromatic carbocycles. The second kappa shape index (κ2) is 6.40. The third-order valence-corrected chi connectivity index (χ3v) is 5.25. The minimum Gasteiger partial charge on any atom is -0.480 e. The summed E-state index contributed by atoms with van der Waals surface area (Å²) in [5.41, 5.74) is -1.22. The van der Waals surface area contributed by atoms with Gasteiger partial charge >= 0.3 is 12.0 Å². The summed E-state index contributed by atoms with van der Waals surface area (Å²) in [6.07, 6.45) is 2.29. The number of nitrogens with zero attached hydrogens (tertiary/aromatic N) is 1. The number of carbonyl (C=O) groups is 2. The molecule has 3 N–H and O–H groups in total. The molecule has 20 heavy (non-hydrogen) atoms. The van der Waals surface area contributed by atoms with Crippen molar-refractivity contribution >= 4 is 22.0 Å². The van der Waals surface area contributed by atoms with Crippen molar-refractivity contribution in [2.45, 2.75) is 31.2 Å². The highest BCUT2D eigenvalue weighted by Gasteiger charge is 2.42. The van der Waals surface area contributed by atoms with Gasteiger partial charge in [0.25, 0.3) is 0 Å². The second-order valence-corrected chi connectivity index (χ2v) is 7.38. The van der Waals surface area contributed by atoms with E-state index in [0.717, 1.165) is 17.1 Å². The highest BCUT2D eigenvalue weighted by atomic mass is 32.2. The van der Waals surface area contributed by atoms with Crippen molar-refractivity contribution in [2.75, 3.05) is 26.4 Å². The minimum atomic E-state index is -3.38. The average Bonchev–Trinajstić information content (AvgIpc) is 2.78. The van der Waals surface area contributed by atoms with E-state index in [1.165, 1.54) is 14.1 Å². The van der Waals surface area contributed by atoms with Crippen LogP contribution in [0.3, 0.4) is 0 Å². The lowest BCUT2D eigenvalue weighted by atomic mass is 9.98. The van der Waals surface area contributed by atoms with E-state index in [9.17, 15) is 23.1 Å². The molecule has 1 rings (SSSR count). The van der Waals surface area contributed by atoms with E-state index in [-0.39, 0.29) is 12.3 Å².